The summed E-state index contributed by atoms with van der Waals surface area (Å²) < 4.78 is 56.3. The first-order valence-electron chi connectivity index (χ1n) is 30.6. The average Bonchev–Trinajstić information content (AvgIpc) is 1.77. The van der Waals surface area contributed by atoms with E-state index in [-0.39, 0.29) is 23.1 Å². The molecule has 0 N–H and O–H groups in total. The number of anilines is 6. The Bertz CT molecular complexity index is 4910. The summed E-state index contributed by atoms with van der Waals surface area (Å²) in [4.78, 5) is 9.77. The van der Waals surface area contributed by atoms with E-state index in [2.05, 4.69) is 277 Å². The SMILES string of the molecule is [2H]c1c([2H])c([2H])c(-c2cnc(N3c4ccccc4-c4ccccc4N(c4cccc(C(C)(C)C)c4)c4ccccc4-c4ccc(Oc5cccc(-n6[c](=[Pt])n(-c7c(-c8ccccc8)cccc7-c7ccccc7)c7ccccc76)c5)cc43)cc2C)c([2H])c1[2H]. The van der Waals surface area contributed by atoms with E-state index in [0.717, 1.165) is 99.2 Å². The molecule has 1 aliphatic rings. The van der Waals surface area contributed by atoms with Crippen LogP contribution in [0.3, 0.4) is 0 Å². The fourth-order valence-corrected chi connectivity index (χ4v) is 12.9. The van der Waals surface area contributed by atoms with E-state index in [1.165, 1.54) is 5.56 Å². The Morgan fingerprint density at radius 2 is 0.929 bits per heavy atom. The molecule has 0 saturated carbocycles. The molecule has 0 fully saturated rings. The minimum atomic E-state index is -0.447. The van der Waals surface area contributed by atoms with Crippen molar-refractivity contribution in [2.24, 2.45) is 0 Å². The maximum atomic E-state index is 8.97. The van der Waals surface area contributed by atoms with Gasteiger partial charge in [0.15, 0.2) is 0 Å². The first-order valence-corrected chi connectivity index (χ1v) is 29.2. The van der Waals surface area contributed by atoms with Crippen LogP contribution in [0.1, 0.15) is 38.8 Å². The van der Waals surface area contributed by atoms with Gasteiger partial charge in [-0.25, -0.2) is 0 Å². The van der Waals surface area contributed by atoms with Gasteiger partial charge in [-0.3, -0.25) is 0 Å². The summed E-state index contributed by atoms with van der Waals surface area (Å²) in [5.74, 6) is 1.75. The van der Waals surface area contributed by atoms with Gasteiger partial charge in [0.05, 0.1) is 12.5 Å². The third-order valence-corrected chi connectivity index (χ3v) is 16.8. The molecule has 0 spiro atoms. The summed E-state index contributed by atoms with van der Waals surface area (Å²) in [7, 11) is 0. The zero-order valence-electron chi connectivity index (χ0n) is 51.7. The van der Waals surface area contributed by atoms with Crippen LogP contribution in [-0.4, -0.2) is 14.1 Å². The summed E-state index contributed by atoms with van der Waals surface area (Å²) >= 11 is 2.48. The zero-order chi connectivity index (χ0) is 61.2. The summed E-state index contributed by atoms with van der Waals surface area (Å²) in [5.41, 5.74) is 19.1. The van der Waals surface area contributed by atoms with Crippen molar-refractivity contribution in [1.82, 2.24) is 14.1 Å². The Morgan fingerprint density at radius 1 is 0.417 bits per heavy atom. The number of pyridine rings is 1. The Morgan fingerprint density at radius 3 is 1.55 bits per heavy atom. The van der Waals surface area contributed by atoms with Gasteiger partial charge in [0.2, 0.25) is 0 Å². The van der Waals surface area contributed by atoms with Gasteiger partial charge in [-0.2, -0.15) is 0 Å². The van der Waals surface area contributed by atoms with Crippen LogP contribution in [0, 0.1) is 10.7 Å². The van der Waals surface area contributed by atoms with Gasteiger partial charge in [-0.05, 0) is 53.3 Å². The van der Waals surface area contributed by atoms with Gasteiger partial charge in [-0.15, -0.1) is 0 Å². The van der Waals surface area contributed by atoms with E-state index in [1.54, 1.807) is 6.20 Å². The molecule has 14 rings (SSSR count). The Labute approximate surface area is 508 Å². The Kier molecular flexibility index (Phi) is 12.1. The van der Waals surface area contributed by atoms with E-state index in [1.807, 2.05) is 37.3 Å². The topological polar surface area (TPSA) is 38.5 Å². The second-order valence-electron chi connectivity index (χ2n) is 22.0. The number of hydrogen-bond acceptors (Lipinski definition) is 4. The van der Waals surface area contributed by atoms with E-state index >= 15 is 0 Å². The van der Waals surface area contributed by atoms with Crippen molar-refractivity contribution in [2.45, 2.75) is 33.1 Å². The van der Waals surface area contributed by atoms with Crippen LogP contribution in [0.15, 0.2) is 285 Å². The quantitative estimate of drug-likeness (QED) is 0.144. The number of aryl methyl sites for hydroxylation is 1. The molecular formula is C77H59N5OPt. The minimum absolute atomic E-state index is 0.0945. The van der Waals surface area contributed by atoms with Crippen molar-refractivity contribution >= 4 is 45.3 Å². The van der Waals surface area contributed by atoms with Gasteiger partial charge in [-0.1, -0.05) is 112 Å². The molecule has 2 aromatic heterocycles. The van der Waals surface area contributed by atoms with Crippen molar-refractivity contribution in [2.75, 3.05) is 9.80 Å². The minimum Gasteiger partial charge on any atom is -0.0616 e. The van der Waals surface area contributed by atoms with Crippen LogP contribution < -0.4 is 14.5 Å². The molecule has 0 bridgehead atoms. The summed E-state index contributed by atoms with van der Waals surface area (Å²) in [6.07, 6.45) is 1.64. The fraction of sp³-hybridized carbons (Fsp3) is 0.0649. The van der Waals surface area contributed by atoms with Gasteiger partial charge in [0.25, 0.3) is 0 Å². The van der Waals surface area contributed by atoms with E-state index in [4.69, 9.17) is 16.6 Å². The van der Waals surface area contributed by atoms with Crippen molar-refractivity contribution in [3.63, 3.8) is 0 Å². The number of hydrogen-bond donors (Lipinski definition) is 0. The smallest absolute Gasteiger partial charge is 0.0616 e. The van der Waals surface area contributed by atoms with Crippen LogP contribution in [-0.2, 0) is 24.8 Å². The molecule has 84 heavy (non-hydrogen) atoms. The molecule has 0 aliphatic carbocycles. The Hall–Kier alpha value is -9.87. The van der Waals surface area contributed by atoms with Gasteiger partial charge < -0.3 is 4.90 Å². The molecule has 13 aromatic rings. The van der Waals surface area contributed by atoms with E-state index in [9.17, 15) is 0 Å². The first kappa shape index (κ1) is 46.7. The molecule has 1 aliphatic heterocycles. The standard InChI is InChI=1S/C77H59N5O.Pt/c1-53-47-75(78-51-68(53)56-29-12-7-13-30-56)82-71-42-19-16-36-65(71)64-35-14-17-40-69(64)81(59-33-22-31-57(48-59)77(2,3)4)70-41-18-15-37-66(70)67-46-45-61(50-74(67)82)83-60-34-23-32-58(49-60)79-52-80(73-44-21-20-43-72(73)79)76-62(54-25-8-5-9-26-54)38-24-39-63(76)55-27-10-6-11-28-55;/h5-51H,1-4H3;/i7D,12D,13D,29D,30D;. The van der Waals surface area contributed by atoms with E-state index < -0.39 is 18.1 Å². The number of para-hydroxylation sites is 6. The molecule has 6 nitrogen and oxygen atoms in total. The average molecular weight is 1270 g/mol. The van der Waals surface area contributed by atoms with Gasteiger partial charge in [0.1, 0.15) is 0 Å². The van der Waals surface area contributed by atoms with E-state index in [0.29, 0.717) is 28.4 Å². The predicted octanol–water partition coefficient (Wildman–Crippen LogP) is 20.9. The predicted molar refractivity (Wildman–Crippen MR) is 344 cm³/mol. The first-order chi connectivity index (χ1) is 43.2. The van der Waals surface area contributed by atoms with Crippen molar-refractivity contribution < 1.29 is 30.9 Å². The maximum absolute atomic E-state index is 8.97. The van der Waals surface area contributed by atoms with Crippen molar-refractivity contribution in [1.29, 1.82) is 0 Å². The molecule has 0 radical (unpaired) electrons. The van der Waals surface area contributed by atoms with Crippen LogP contribution in [0.5, 0.6) is 11.5 Å². The molecule has 0 amide bonds. The molecule has 408 valence electrons. The summed E-state index contributed by atoms with van der Waals surface area (Å²) in [6.45, 7) is 8.63. The number of imidazole rings is 1. The number of fused-ring (bicyclic) bond motifs is 7. The number of benzene rings is 11. The summed E-state index contributed by atoms with van der Waals surface area (Å²) in [5, 5.41) is 0. The normalized spacial score (nSPS) is 12.9. The third kappa shape index (κ3) is 9.49. The molecule has 0 atom stereocenters. The van der Waals surface area contributed by atoms with Gasteiger partial charge >= 0.3 is 306 Å². The fourth-order valence-electron chi connectivity index (χ4n) is 11.8. The van der Waals surface area contributed by atoms with Crippen molar-refractivity contribution in [3.8, 4) is 78.5 Å². The number of ether oxygens (including phenoxy) is 1. The molecule has 11 aromatic carbocycles. The molecule has 3 heterocycles. The zero-order valence-corrected chi connectivity index (χ0v) is 49.0. The van der Waals surface area contributed by atoms with Crippen LogP contribution in [0.2, 0.25) is 0 Å². The molecule has 7 heteroatoms. The molecule has 0 unspecified atom stereocenters. The summed E-state index contributed by atoms with van der Waals surface area (Å²) in [6, 6.07) is 85.2. The monoisotopic (exact) mass is 1270 g/mol. The van der Waals surface area contributed by atoms with Crippen molar-refractivity contribution in [3.05, 3.63) is 300 Å². The molecular weight excluding hydrogens is 1210 g/mol. The van der Waals surface area contributed by atoms with Gasteiger partial charge in [0, 0.05) is 23.0 Å². The van der Waals surface area contributed by atoms with Crippen LogP contribution in [0.25, 0.3) is 78.0 Å². The number of rotatable bonds is 9. The number of nitrogens with zero attached hydrogens (tertiary/aromatic N) is 5. The molecule has 0 saturated heterocycles. The number of aromatic nitrogens is 3. The second kappa shape index (κ2) is 21.8. The third-order valence-electron chi connectivity index (χ3n) is 15.7. The van der Waals surface area contributed by atoms with Crippen LogP contribution >= 0.6 is 0 Å². The Balaban J connectivity index is 0.970. The second-order valence-corrected chi connectivity index (χ2v) is 23.0. The van der Waals surface area contributed by atoms with Crippen LogP contribution in [0.4, 0.5) is 34.3 Å².